The Bertz CT molecular complexity index is 650. The molecule has 0 aliphatic carbocycles. The molecule has 0 aliphatic rings. The van der Waals surface area contributed by atoms with E-state index in [0.29, 0.717) is 16.1 Å². The van der Waals surface area contributed by atoms with Gasteiger partial charge in [-0.3, -0.25) is 14.9 Å². The van der Waals surface area contributed by atoms with Crippen LogP contribution in [0.4, 0.5) is 5.69 Å². The van der Waals surface area contributed by atoms with Crippen LogP contribution in [-0.4, -0.2) is 10.7 Å². The molecule has 0 saturated heterocycles. The van der Waals surface area contributed by atoms with Crippen molar-refractivity contribution in [2.24, 2.45) is 0 Å². The van der Waals surface area contributed by atoms with Gasteiger partial charge in [-0.05, 0) is 36.8 Å². The van der Waals surface area contributed by atoms with E-state index in [2.05, 4.69) is 0 Å². The van der Waals surface area contributed by atoms with Crippen LogP contribution in [0, 0.1) is 17.0 Å². The number of hydrogen-bond donors (Lipinski definition) is 0. The number of carbonyl (C=O) groups excluding carboxylic acids is 1. The highest BCUT2D eigenvalue weighted by Crippen LogP contribution is 2.20. The van der Waals surface area contributed by atoms with E-state index in [1.54, 1.807) is 12.1 Å². The van der Waals surface area contributed by atoms with Gasteiger partial charge in [-0.2, -0.15) is 0 Å². The molecule has 0 saturated carbocycles. The Morgan fingerprint density at radius 2 is 1.79 bits per heavy atom. The Kier molecular flexibility index (Phi) is 3.62. The molecule has 2 rings (SSSR count). The van der Waals surface area contributed by atoms with Gasteiger partial charge >= 0.3 is 0 Å². The molecule has 2 radical (unpaired) electrons. The first kappa shape index (κ1) is 13.2. The minimum absolute atomic E-state index is 0.0735. The van der Waals surface area contributed by atoms with Crippen molar-refractivity contribution in [3.05, 3.63) is 81.2 Å². The highest BCUT2D eigenvalue weighted by Gasteiger charge is 2.14. The third kappa shape index (κ3) is 2.80. The van der Waals surface area contributed by atoms with Gasteiger partial charge in [0.05, 0.1) is 4.92 Å². The normalized spacial score (nSPS) is 10.2. The number of carbonyl (C=O) groups is 1. The van der Waals surface area contributed by atoms with Gasteiger partial charge in [0.15, 0.2) is 5.78 Å². The standard InChI is InChI=1S/C14H8ClNO3/c1-9-2-5-11(15)8-13(9)14(17)10-3-6-12(7-4-10)16(18)19/h1-8H. The van der Waals surface area contributed by atoms with E-state index in [0.717, 1.165) is 0 Å². The molecule has 0 atom stereocenters. The van der Waals surface area contributed by atoms with E-state index >= 15 is 0 Å². The zero-order valence-corrected chi connectivity index (χ0v) is 10.4. The zero-order chi connectivity index (χ0) is 14.0. The Labute approximate surface area is 114 Å². The molecule has 2 aromatic rings. The predicted octanol–water partition coefficient (Wildman–Crippen LogP) is 3.54. The van der Waals surface area contributed by atoms with Crippen LogP contribution in [0.5, 0.6) is 0 Å². The van der Waals surface area contributed by atoms with E-state index in [9.17, 15) is 14.9 Å². The molecule has 0 aromatic heterocycles. The number of nitrogens with zero attached hydrogens (tertiary/aromatic N) is 1. The van der Waals surface area contributed by atoms with Crippen LogP contribution >= 0.6 is 11.6 Å². The maximum atomic E-state index is 12.2. The Morgan fingerprint density at radius 3 is 2.37 bits per heavy atom. The monoisotopic (exact) mass is 273 g/mol. The number of rotatable bonds is 3. The average Bonchev–Trinajstić information content (AvgIpc) is 2.41. The van der Waals surface area contributed by atoms with Crippen molar-refractivity contribution in [3.8, 4) is 0 Å². The number of non-ortho nitro benzene ring substituents is 1. The fraction of sp³-hybridized carbons (Fsp3) is 0. The Hall–Kier alpha value is -2.20. The number of halogens is 1. The lowest BCUT2D eigenvalue weighted by Gasteiger charge is -2.05. The first-order valence-electron chi connectivity index (χ1n) is 5.33. The summed E-state index contributed by atoms with van der Waals surface area (Å²) in [5.74, 6) is -0.324. The molecule has 0 bridgehead atoms. The minimum atomic E-state index is -0.526. The SMILES string of the molecule is [CH]c1ccc(Cl)cc1C(=O)c1ccc([N+](=O)[O-])cc1. The summed E-state index contributed by atoms with van der Waals surface area (Å²) < 4.78 is 0. The molecule has 0 unspecified atom stereocenters. The second-order valence-corrected chi connectivity index (χ2v) is 4.30. The molecule has 2 aromatic carbocycles. The molecular formula is C14H8ClNO3. The Morgan fingerprint density at radius 1 is 1.16 bits per heavy atom. The third-order valence-electron chi connectivity index (χ3n) is 2.60. The number of nitro groups is 1. The van der Waals surface area contributed by atoms with Crippen molar-refractivity contribution < 1.29 is 9.72 Å². The molecule has 5 heteroatoms. The van der Waals surface area contributed by atoms with E-state index in [-0.39, 0.29) is 17.0 Å². The van der Waals surface area contributed by atoms with Crippen LogP contribution in [0.1, 0.15) is 21.5 Å². The fourth-order valence-electron chi connectivity index (χ4n) is 1.62. The molecule has 0 amide bonds. The summed E-state index contributed by atoms with van der Waals surface area (Å²) in [5, 5.41) is 10.9. The van der Waals surface area contributed by atoms with Crippen molar-refractivity contribution in [1.29, 1.82) is 0 Å². The molecule has 4 nitrogen and oxygen atoms in total. The van der Waals surface area contributed by atoms with Crippen LogP contribution in [0.2, 0.25) is 5.02 Å². The van der Waals surface area contributed by atoms with Crippen LogP contribution in [0.25, 0.3) is 0 Å². The van der Waals surface area contributed by atoms with Crippen molar-refractivity contribution in [2.45, 2.75) is 0 Å². The molecule has 0 heterocycles. The van der Waals surface area contributed by atoms with Gasteiger partial charge in [0.1, 0.15) is 0 Å². The maximum Gasteiger partial charge on any atom is 0.269 e. The van der Waals surface area contributed by atoms with Crippen molar-refractivity contribution in [2.75, 3.05) is 0 Å². The van der Waals surface area contributed by atoms with Crippen LogP contribution in [-0.2, 0) is 0 Å². The molecule has 0 N–H and O–H groups in total. The van der Waals surface area contributed by atoms with Gasteiger partial charge in [-0.15, -0.1) is 0 Å². The third-order valence-corrected chi connectivity index (χ3v) is 2.84. The lowest BCUT2D eigenvalue weighted by Crippen LogP contribution is -2.03. The van der Waals surface area contributed by atoms with E-state index in [1.165, 1.54) is 30.3 Å². The molecule has 0 aliphatic heterocycles. The summed E-state index contributed by atoms with van der Waals surface area (Å²) in [4.78, 5) is 22.2. The summed E-state index contributed by atoms with van der Waals surface area (Å²) in [7, 11) is 0. The van der Waals surface area contributed by atoms with E-state index in [1.807, 2.05) is 0 Å². The Balaban J connectivity index is 2.38. The largest absolute Gasteiger partial charge is 0.289 e. The van der Waals surface area contributed by atoms with Crippen LogP contribution in [0.3, 0.4) is 0 Å². The van der Waals surface area contributed by atoms with Crippen LogP contribution < -0.4 is 0 Å². The molecule has 94 valence electrons. The summed E-state index contributed by atoms with van der Waals surface area (Å²) in [5.41, 5.74) is 0.837. The maximum absolute atomic E-state index is 12.2. The predicted molar refractivity (Wildman–Crippen MR) is 71.4 cm³/mol. The molecular weight excluding hydrogens is 266 g/mol. The lowest BCUT2D eigenvalue weighted by molar-refractivity contribution is -0.384. The molecule has 0 fully saturated rings. The quantitative estimate of drug-likeness (QED) is 0.488. The molecule has 0 spiro atoms. The van der Waals surface area contributed by atoms with Crippen molar-refractivity contribution in [3.63, 3.8) is 0 Å². The number of ketones is 1. The first-order valence-corrected chi connectivity index (χ1v) is 5.71. The van der Waals surface area contributed by atoms with Gasteiger partial charge < -0.3 is 0 Å². The first-order chi connectivity index (χ1) is 8.99. The van der Waals surface area contributed by atoms with Gasteiger partial charge in [0.2, 0.25) is 0 Å². The van der Waals surface area contributed by atoms with Crippen molar-refractivity contribution >= 4 is 23.1 Å². The number of nitro benzene ring substituents is 1. The van der Waals surface area contributed by atoms with Crippen molar-refractivity contribution in [1.82, 2.24) is 0 Å². The zero-order valence-electron chi connectivity index (χ0n) is 9.67. The van der Waals surface area contributed by atoms with E-state index in [4.69, 9.17) is 18.5 Å². The molecule has 19 heavy (non-hydrogen) atoms. The fourth-order valence-corrected chi connectivity index (χ4v) is 1.79. The summed E-state index contributed by atoms with van der Waals surface area (Å²) in [6.45, 7) is 5.72. The van der Waals surface area contributed by atoms with Gasteiger partial charge in [-0.25, -0.2) is 0 Å². The highest BCUT2D eigenvalue weighted by molar-refractivity contribution is 6.31. The highest BCUT2D eigenvalue weighted by atomic mass is 35.5. The number of hydrogen-bond acceptors (Lipinski definition) is 3. The summed E-state index contributed by atoms with van der Waals surface area (Å²) >= 11 is 5.82. The van der Waals surface area contributed by atoms with Gasteiger partial charge in [0.25, 0.3) is 5.69 Å². The van der Waals surface area contributed by atoms with Gasteiger partial charge in [-0.1, -0.05) is 17.7 Å². The minimum Gasteiger partial charge on any atom is -0.289 e. The lowest BCUT2D eigenvalue weighted by atomic mass is 9.99. The number of benzene rings is 2. The van der Waals surface area contributed by atoms with Gasteiger partial charge in [0, 0.05) is 28.3 Å². The second kappa shape index (κ2) is 5.20. The topological polar surface area (TPSA) is 60.2 Å². The van der Waals surface area contributed by atoms with E-state index < -0.39 is 4.92 Å². The average molecular weight is 274 g/mol. The van der Waals surface area contributed by atoms with Crippen LogP contribution in [0.15, 0.2) is 42.5 Å². The summed E-state index contributed by atoms with van der Waals surface area (Å²) in [6, 6.07) is 9.93. The summed E-state index contributed by atoms with van der Waals surface area (Å²) in [6.07, 6.45) is 0. The second-order valence-electron chi connectivity index (χ2n) is 3.86. The smallest absolute Gasteiger partial charge is 0.269 e.